The van der Waals surface area contributed by atoms with Crippen molar-refractivity contribution in [2.45, 2.75) is 0 Å². The topological polar surface area (TPSA) is 55.7 Å². The molecule has 3 rings (SSSR count). The van der Waals surface area contributed by atoms with Crippen LogP contribution in [0.15, 0.2) is 53.7 Å². The van der Waals surface area contributed by atoms with Crippen molar-refractivity contribution in [3.8, 4) is 0 Å². The summed E-state index contributed by atoms with van der Waals surface area (Å²) in [6.45, 7) is 0. The third-order valence-electron chi connectivity index (χ3n) is 3.27. The van der Waals surface area contributed by atoms with Crippen LogP contribution in [-0.2, 0) is 9.63 Å². The molecule has 0 saturated heterocycles. The van der Waals surface area contributed by atoms with Crippen LogP contribution < -0.4 is 0 Å². The molecule has 0 fully saturated rings. The zero-order chi connectivity index (χ0) is 15.7. The molecule has 0 aromatic heterocycles. The van der Waals surface area contributed by atoms with E-state index in [4.69, 9.17) is 28.0 Å². The van der Waals surface area contributed by atoms with Gasteiger partial charge in [0.05, 0.1) is 5.02 Å². The summed E-state index contributed by atoms with van der Waals surface area (Å²) in [7, 11) is 0. The van der Waals surface area contributed by atoms with Crippen molar-refractivity contribution < 1.29 is 14.4 Å². The summed E-state index contributed by atoms with van der Waals surface area (Å²) in [5, 5.41) is 4.33. The quantitative estimate of drug-likeness (QED) is 0.488. The Kier molecular flexibility index (Phi) is 3.96. The highest BCUT2D eigenvalue weighted by Crippen LogP contribution is 2.27. The first-order valence-corrected chi connectivity index (χ1v) is 7.17. The molecule has 110 valence electrons. The van der Waals surface area contributed by atoms with Gasteiger partial charge in [0, 0.05) is 16.1 Å². The summed E-state index contributed by atoms with van der Waals surface area (Å²) in [6.07, 6.45) is 0. The average molecular weight is 334 g/mol. The Balaban J connectivity index is 2.00. The highest BCUT2D eigenvalue weighted by atomic mass is 35.5. The van der Waals surface area contributed by atoms with Crippen molar-refractivity contribution >= 4 is 40.7 Å². The van der Waals surface area contributed by atoms with Gasteiger partial charge in [-0.25, -0.2) is 4.79 Å². The molecule has 1 unspecified atom stereocenters. The Labute approximate surface area is 136 Å². The number of benzene rings is 2. The number of hydrogen-bond donors (Lipinski definition) is 0. The molecule has 6 heteroatoms. The molecular weight excluding hydrogens is 325 g/mol. The fraction of sp³-hybridized carbons (Fsp3) is 0.0625. The number of halogens is 2. The summed E-state index contributed by atoms with van der Waals surface area (Å²) in [5.74, 6) is -2.30. The highest BCUT2D eigenvalue weighted by Gasteiger charge is 2.40. The Morgan fingerprint density at radius 2 is 1.82 bits per heavy atom. The zero-order valence-electron chi connectivity index (χ0n) is 11.1. The predicted molar refractivity (Wildman–Crippen MR) is 83.4 cm³/mol. The Morgan fingerprint density at radius 3 is 2.50 bits per heavy atom. The first kappa shape index (κ1) is 14.8. The van der Waals surface area contributed by atoms with E-state index in [1.165, 1.54) is 12.1 Å². The molecule has 1 heterocycles. The van der Waals surface area contributed by atoms with Gasteiger partial charge in [0.25, 0.3) is 0 Å². The number of ketones is 1. The molecule has 0 spiro atoms. The predicted octanol–water partition coefficient (Wildman–Crippen LogP) is 3.75. The fourth-order valence-electron chi connectivity index (χ4n) is 2.22. The molecule has 2 aromatic carbocycles. The minimum atomic E-state index is -1.12. The van der Waals surface area contributed by atoms with Gasteiger partial charge in [-0.2, -0.15) is 0 Å². The standard InChI is InChI=1S/C16H9Cl2NO3/c17-10-6-7-11(12(18)8-10)15(20)13-14(19-22-16(13)21)9-4-2-1-3-5-9/h1-8,13H. The lowest BCUT2D eigenvalue weighted by atomic mass is 9.90. The van der Waals surface area contributed by atoms with Crippen molar-refractivity contribution in [1.82, 2.24) is 0 Å². The van der Waals surface area contributed by atoms with Crippen LogP contribution in [0.1, 0.15) is 15.9 Å². The van der Waals surface area contributed by atoms with E-state index in [2.05, 4.69) is 5.16 Å². The Morgan fingerprint density at radius 1 is 1.09 bits per heavy atom. The maximum Gasteiger partial charge on any atom is 0.351 e. The number of nitrogens with zero attached hydrogens (tertiary/aromatic N) is 1. The van der Waals surface area contributed by atoms with Crippen LogP contribution in [0.25, 0.3) is 0 Å². The first-order chi connectivity index (χ1) is 10.6. The van der Waals surface area contributed by atoms with Crippen molar-refractivity contribution in [1.29, 1.82) is 0 Å². The molecule has 0 saturated carbocycles. The van der Waals surface area contributed by atoms with Gasteiger partial charge in [0.15, 0.2) is 11.7 Å². The van der Waals surface area contributed by atoms with E-state index in [1.54, 1.807) is 30.3 Å². The van der Waals surface area contributed by atoms with Crippen molar-refractivity contribution in [2.24, 2.45) is 11.1 Å². The molecular formula is C16H9Cl2NO3. The van der Waals surface area contributed by atoms with Gasteiger partial charge in [-0.15, -0.1) is 0 Å². The minimum absolute atomic E-state index is 0.185. The lowest BCUT2D eigenvalue weighted by Crippen LogP contribution is -2.28. The van der Waals surface area contributed by atoms with E-state index in [9.17, 15) is 9.59 Å². The summed E-state index contributed by atoms with van der Waals surface area (Å²) in [5.41, 5.74) is 1.14. The maximum atomic E-state index is 12.7. The van der Waals surface area contributed by atoms with Crippen LogP contribution >= 0.6 is 23.2 Å². The molecule has 1 atom stereocenters. The van der Waals surface area contributed by atoms with Crippen LogP contribution in [0.4, 0.5) is 0 Å². The smallest absolute Gasteiger partial charge is 0.317 e. The number of Topliss-reactive ketones (excluding diaryl/α,β-unsaturated/α-hetero) is 1. The molecule has 1 aliphatic heterocycles. The lowest BCUT2D eigenvalue weighted by Gasteiger charge is -2.10. The van der Waals surface area contributed by atoms with E-state index in [0.29, 0.717) is 10.6 Å². The number of oxime groups is 1. The molecule has 22 heavy (non-hydrogen) atoms. The van der Waals surface area contributed by atoms with E-state index in [-0.39, 0.29) is 16.3 Å². The lowest BCUT2D eigenvalue weighted by molar-refractivity contribution is -0.142. The number of hydrogen-bond acceptors (Lipinski definition) is 4. The summed E-state index contributed by atoms with van der Waals surface area (Å²) in [6, 6.07) is 13.4. The molecule has 0 amide bonds. The van der Waals surface area contributed by atoms with Crippen molar-refractivity contribution in [3.63, 3.8) is 0 Å². The second kappa shape index (κ2) is 5.91. The van der Waals surface area contributed by atoms with E-state index >= 15 is 0 Å². The molecule has 0 bridgehead atoms. The van der Waals surface area contributed by atoms with Crippen molar-refractivity contribution in [3.05, 3.63) is 69.7 Å². The monoisotopic (exact) mass is 333 g/mol. The van der Waals surface area contributed by atoms with E-state index in [0.717, 1.165) is 0 Å². The third-order valence-corrected chi connectivity index (χ3v) is 3.82. The van der Waals surface area contributed by atoms with Crippen LogP contribution in [0.3, 0.4) is 0 Å². The largest absolute Gasteiger partial charge is 0.351 e. The zero-order valence-corrected chi connectivity index (χ0v) is 12.6. The fourth-order valence-corrected chi connectivity index (χ4v) is 2.72. The number of carbonyl (C=O) groups excluding carboxylic acids is 2. The van der Waals surface area contributed by atoms with Crippen molar-refractivity contribution in [2.75, 3.05) is 0 Å². The van der Waals surface area contributed by atoms with Gasteiger partial charge >= 0.3 is 5.97 Å². The molecule has 0 N–H and O–H groups in total. The Hall–Kier alpha value is -2.17. The van der Waals surface area contributed by atoms with Gasteiger partial charge in [-0.3, -0.25) is 4.79 Å². The highest BCUT2D eigenvalue weighted by molar-refractivity contribution is 6.39. The molecule has 1 aliphatic rings. The maximum absolute atomic E-state index is 12.7. The molecule has 4 nitrogen and oxygen atoms in total. The van der Waals surface area contributed by atoms with Gasteiger partial charge in [0.1, 0.15) is 5.71 Å². The van der Waals surface area contributed by atoms with Gasteiger partial charge in [-0.05, 0) is 18.2 Å². The normalized spacial score (nSPS) is 17.1. The minimum Gasteiger partial charge on any atom is -0.317 e. The molecule has 2 aromatic rings. The van der Waals surface area contributed by atoms with Gasteiger partial charge in [-0.1, -0.05) is 58.7 Å². The molecule has 0 aliphatic carbocycles. The third kappa shape index (κ3) is 2.63. The first-order valence-electron chi connectivity index (χ1n) is 6.41. The van der Waals surface area contributed by atoms with Crippen LogP contribution in [0, 0.1) is 5.92 Å². The second-order valence-electron chi connectivity index (χ2n) is 4.67. The number of carbonyl (C=O) groups is 2. The summed E-state index contributed by atoms with van der Waals surface area (Å²) in [4.78, 5) is 29.3. The Bertz CT molecular complexity index is 787. The van der Waals surface area contributed by atoms with E-state index < -0.39 is 17.7 Å². The number of rotatable bonds is 3. The van der Waals surface area contributed by atoms with E-state index in [1.807, 2.05) is 6.07 Å². The summed E-state index contributed by atoms with van der Waals surface area (Å²) < 4.78 is 0. The van der Waals surface area contributed by atoms with Crippen LogP contribution in [0.5, 0.6) is 0 Å². The second-order valence-corrected chi connectivity index (χ2v) is 5.52. The van der Waals surface area contributed by atoms with Crippen LogP contribution in [-0.4, -0.2) is 17.5 Å². The SMILES string of the molecule is O=C1ON=C(c2ccccc2)C1C(=O)c1ccc(Cl)cc1Cl. The van der Waals surface area contributed by atoms with Gasteiger partial charge < -0.3 is 4.84 Å². The van der Waals surface area contributed by atoms with Crippen LogP contribution in [0.2, 0.25) is 10.0 Å². The molecule has 0 radical (unpaired) electrons. The van der Waals surface area contributed by atoms with Gasteiger partial charge in [0.2, 0.25) is 0 Å². The average Bonchev–Trinajstić information content (AvgIpc) is 2.89. The summed E-state index contributed by atoms with van der Waals surface area (Å²) >= 11 is 11.9.